The first-order valence-corrected chi connectivity index (χ1v) is 6.64. The molecule has 1 aliphatic rings. The molecule has 2 rings (SSSR count). The third kappa shape index (κ3) is 4.00. The van der Waals surface area contributed by atoms with Gasteiger partial charge in [-0.1, -0.05) is 32.0 Å². The van der Waals surface area contributed by atoms with Crippen LogP contribution in [0.1, 0.15) is 20.3 Å². The number of benzene rings is 1. The summed E-state index contributed by atoms with van der Waals surface area (Å²) in [6.45, 7) is 6.50. The fraction of sp³-hybridized carbons (Fsp3) is 0.600. The number of aliphatic hydroxyl groups is 1. The van der Waals surface area contributed by atoms with Gasteiger partial charge in [0.2, 0.25) is 0 Å². The van der Waals surface area contributed by atoms with Gasteiger partial charge in [0.05, 0.1) is 0 Å². The molecule has 0 amide bonds. The van der Waals surface area contributed by atoms with Gasteiger partial charge >= 0.3 is 0 Å². The van der Waals surface area contributed by atoms with Gasteiger partial charge in [-0.2, -0.15) is 0 Å². The van der Waals surface area contributed by atoms with Gasteiger partial charge in [-0.15, -0.1) is 0 Å². The standard InChI is InChI=1S/C15H23NO2/c1-15(2)8-12(15)9-16-10-13(17)11-18-14-6-4-3-5-7-14/h3-7,12-13,16-17H,8-11H2,1-2H3. The van der Waals surface area contributed by atoms with Crippen LogP contribution >= 0.6 is 0 Å². The Morgan fingerprint density at radius 1 is 1.39 bits per heavy atom. The zero-order chi connectivity index (χ0) is 13.0. The van der Waals surface area contributed by atoms with Crippen LogP contribution in [-0.4, -0.2) is 30.9 Å². The predicted octanol–water partition coefficient (Wildman–Crippen LogP) is 2.06. The number of hydrogen-bond donors (Lipinski definition) is 2. The maximum Gasteiger partial charge on any atom is 0.119 e. The first kappa shape index (κ1) is 13.4. The van der Waals surface area contributed by atoms with Crippen LogP contribution in [0.15, 0.2) is 30.3 Å². The van der Waals surface area contributed by atoms with E-state index in [1.807, 2.05) is 30.3 Å². The second-order valence-electron chi connectivity index (χ2n) is 5.83. The van der Waals surface area contributed by atoms with Crippen molar-refractivity contribution in [2.45, 2.75) is 26.4 Å². The lowest BCUT2D eigenvalue weighted by Gasteiger charge is -2.13. The van der Waals surface area contributed by atoms with E-state index >= 15 is 0 Å². The molecule has 3 nitrogen and oxygen atoms in total. The molecule has 0 bridgehead atoms. The lowest BCUT2D eigenvalue weighted by Crippen LogP contribution is -2.33. The third-order valence-electron chi connectivity index (χ3n) is 3.67. The molecule has 1 saturated carbocycles. The van der Waals surface area contributed by atoms with E-state index in [1.54, 1.807) is 0 Å². The average molecular weight is 249 g/mol. The molecule has 0 heterocycles. The van der Waals surface area contributed by atoms with Crippen molar-refractivity contribution < 1.29 is 9.84 Å². The zero-order valence-corrected chi connectivity index (χ0v) is 11.2. The fourth-order valence-electron chi connectivity index (χ4n) is 2.12. The topological polar surface area (TPSA) is 41.5 Å². The molecular weight excluding hydrogens is 226 g/mol. The molecule has 1 aromatic carbocycles. The van der Waals surface area contributed by atoms with E-state index < -0.39 is 6.10 Å². The predicted molar refractivity (Wildman–Crippen MR) is 72.7 cm³/mol. The molecule has 100 valence electrons. The normalized spacial score (nSPS) is 22.5. The van der Waals surface area contributed by atoms with E-state index in [9.17, 15) is 5.11 Å². The summed E-state index contributed by atoms with van der Waals surface area (Å²) < 4.78 is 5.49. The highest BCUT2D eigenvalue weighted by Crippen LogP contribution is 2.50. The Hall–Kier alpha value is -1.06. The second-order valence-corrected chi connectivity index (χ2v) is 5.83. The molecule has 1 fully saturated rings. The minimum absolute atomic E-state index is 0.338. The van der Waals surface area contributed by atoms with Crippen molar-refractivity contribution in [2.24, 2.45) is 11.3 Å². The fourth-order valence-corrected chi connectivity index (χ4v) is 2.12. The molecule has 3 heteroatoms. The van der Waals surface area contributed by atoms with Gasteiger partial charge < -0.3 is 15.2 Å². The lowest BCUT2D eigenvalue weighted by molar-refractivity contribution is 0.106. The zero-order valence-electron chi connectivity index (χ0n) is 11.2. The van der Waals surface area contributed by atoms with Crippen LogP contribution in [-0.2, 0) is 0 Å². The summed E-state index contributed by atoms with van der Waals surface area (Å²) in [5.74, 6) is 1.57. The van der Waals surface area contributed by atoms with E-state index in [2.05, 4.69) is 19.2 Å². The maximum atomic E-state index is 9.79. The van der Waals surface area contributed by atoms with Crippen molar-refractivity contribution in [1.82, 2.24) is 5.32 Å². The van der Waals surface area contributed by atoms with Gasteiger partial charge in [0.1, 0.15) is 18.5 Å². The van der Waals surface area contributed by atoms with E-state index in [0.717, 1.165) is 18.2 Å². The summed E-state index contributed by atoms with van der Waals surface area (Å²) in [5, 5.41) is 13.1. The molecule has 18 heavy (non-hydrogen) atoms. The summed E-state index contributed by atoms with van der Waals surface area (Å²) in [6, 6.07) is 9.59. The monoisotopic (exact) mass is 249 g/mol. The Morgan fingerprint density at radius 2 is 2.06 bits per heavy atom. The highest BCUT2D eigenvalue weighted by Gasteiger charge is 2.44. The lowest BCUT2D eigenvalue weighted by atomic mass is 10.1. The Morgan fingerprint density at radius 3 is 2.67 bits per heavy atom. The molecular formula is C15H23NO2. The first-order chi connectivity index (χ1) is 8.58. The molecule has 2 atom stereocenters. The van der Waals surface area contributed by atoms with Gasteiger partial charge in [-0.25, -0.2) is 0 Å². The van der Waals surface area contributed by atoms with Crippen molar-refractivity contribution >= 4 is 0 Å². The summed E-state index contributed by atoms with van der Waals surface area (Å²) in [6.07, 6.45) is 0.837. The van der Waals surface area contributed by atoms with Crippen molar-refractivity contribution in [3.05, 3.63) is 30.3 Å². The summed E-state index contributed by atoms with van der Waals surface area (Å²) >= 11 is 0. The third-order valence-corrected chi connectivity index (χ3v) is 3.67. The van der Waals surface area contributed by atoms with Gasteiger partial charge in [0.15, 0.2) is 0 Å². The smallest absolute Gasteiger partial charge is 0.119 e. The largest absolute Gasteiger partial charge is 0.491 e. The molecule has 0 saturated heterocycles. The minimum Gasteiger partial charge on any atom is -0.491 e. The Kier molecular flexibility index (Phi) is 4.25. The number of hydrogen-bond acceptors (Lipinski definition) is 3. The minimum atomic E-state index is -0.452. The number of ether oxygens (including phenoxy) is 1. The highest BCUT2D eigenvalue weighted by atomic mass is 16.5. The Bertz CT molecular complexity index is 364. The molecule has 0 spiro atoms. The molecule has 1 aliphatic carbocycles. The van der Waals surface area contributed by atoms with Crippen LogP contribution in [0, 0.1) is 11.3 Å². The van der Waals surface area contributed by atoms with E-state index in [-0.39, 0.29) is 0 Å². The first-order valence-electron chi connectivity index (χ1n) is 6.64. The van der Waals surface area contributed by atoms with E-state index in [0.29, 0.717) is 18.6 Å². The number of aliphatic hydroxyl groups excluding tert-OH is 1. The van der Waals surface area contributed by atoms with Crippen LogP contribution in [0.5, 0.6) is 5.75 Å². The number of nitrogens with one attached hydrogen (secondary N) is 1. The highest BCUT2D eigenvalue weighted by molar-refractivity contribution is 5.20. The molecule has 2 unspecified atom stereocenters. The van der Waals surface area contributed by atoms with Crippen LogP contribution < -0.4 is 10.1 Å². The molecule has 1 aromatic rings. The number of para-hydroxylation sites is 1. The Balaban J connectivity index is 1.57. The van der Waals surface area contributed by atoms with Crippen molar-refractivity contribution in [1.29, 1.82) is 0 Å². The van der Waals surface area contributed by atoms with Gasteiger partial charge in [0.25, 0.3) is 0 Å². The number of rotatable bonds is 7. The SMILES string of the molecule is CC1(C)CC1CNCC(O)COc1ccccc1. The molecule has 0 aliphatic heterocycles. The van der Waals surface area contributed by atoms with Crippen molar-refractivity contribution in [2.75, 3.05) is 19.7 Å². The summed E-state index contributed by atoms with van der Waals surface area (Å²) in [5.41, 5.74) is 0.499. The van der Waals surface area contributed by atoms with Crippen molar-refractivity contribution in [3.63, 3.8) is 0 Å². The maximum absolute atomic E-state index is 9.79. The second kappa shape index (κ2) is 5.72. The van der Waals surface area contributed by atoms with Gasteiger partial charge in [-0.3, -0.25) is 0 Å². The van der Waals surface area contributed by atoms with E-state index in [4.69, 9.17) is 4.74 Å². The average Bonchev–Trinajstić information content (AvgIpc) is 2.96. The van der Waals surface area contributed by atoms with Crippen LogP contribution in [0.25, 0.3) is 0 Å². The van der Waals surface area contributed by atoms with Gasteiger partial charge in [-0.05, 0) is 36.4 Å². The van der Waals surface area contributed by atoms with E-state index in [1.165, 1.54) is 6.42 Å². The molecule has 2 N–H and O–H groups in total. The van der Waals surface area contributed by atoms with Crippen molar-refractivity contribution in [3.8, 4) is 5.75 Å². The summed E-state index contributed by atoms with van der Waals surface area (Å²) in [4.78, 5) is 0. The Labute approximate surface area is 109 Å². The quantitative estimate of drug-likeness (QED) is 0.777. The van der Waals surface area contributed by atoms with Crippen LogP contribution in [0.3, 0.4) is 0 Å². The van der Waals surface area contributed by atoms with Crippen LogP contribution in [0.4, 0.5) is 0 Å². The van der Waals surface area contributed by atoms with Crippen LogP contribution in [0.2, 0.25) is 0 Å². The molecule has 0 aromatic heterocycles. The molecule has 0 radical (unpaired) electrons. The summed E-state index contributed by atoms with van der Waals surface area (Å²) in [7, 11) is 0. The van der Waals surface area contributed by atoms with Gasteiger partial charge in [0, 0.05) is 6.54 Å².